The van der Waals surface area contributed by atoms with Gasteiger partial charge in [0.1, 0.15) is 12.6 Å². The third-order valence-electron chi connectivity index (χ3n) is 3.68. The van der Waals surface area contributed by atoms with Crippen LogP contribution in [0.25, 0.3) is 0 Å². The zero-order valence-corrected chi connectivity index (χ0v) is 15.3. The molecule has 1 N–H and O–H groups in total. The van der Waals surface area contributed by atoms with Crippen molar-refractivity contribution in [2.24, 2.45) is 0 Å². The second-order valence-electron chi connectivity index (χ2n) is 5.81. The SMILES string of the molecule is Cc1ccc(S(=O)(=O)N[C@H](C)C(=O)OCc2c(F)c(F)c(F)c(F)c2F)cc1. The molecule has 28 heavy (non-hydrogen) atoms. The van der Waals surface area contributed by atoms with Gasteiger partial charge in [0.15, 0.2) is 23.3 Å². The van der Waals surface area contributed by atoms with Gasteiger partial charge in [0.05, 0.1) is 10.5 Å². The number of nitrogens with one attached hydrogen (secondary N) is 1. The highest BCUT2D eigenvalue weighted by Crippen LogP contribution is 2.23. The molecule has 0 amide bonds. The number of aryl methyl sites for hydroxylation is 1. The fraction of sp³-hybridized carbons (Fsp3) is 0.235. The first kappa shape index (κ1) is 21.8. The molecule has 5 nitrogen and oxygen atoms in total. The second-order valence-corrected chi connectivity index (χ2v) is 7.53. The summed E-state index contributed by atoms with van der Waals surface area (Å²) >= 11 is 0. The number of halogens is 5. The summed E-state index contributed by atoms with van der Waals surface area (Å²) in [5.74, 6) is -12.3. The van der Waals surface area contributed by atoms with Crippen LogP contribution in [-0.4, -0.2) is 20.4 Å². The molecular weight excluding hydrogens is 409 g/mol. The Morgan fingerprint density at radius 2 is 1.43 bits per heavy atom. The van der Waals surface area contributed by atoms with Crippen LogP contribution in [0.1, 0.15) is 18.1 Å². The summed E-state index contributed by atoms with van der Waals surface area (Å²) in [5.41, 5.74) is -0.549. The van der Waals surface area contributed by atoms with Crippen LogP contribution in [0.3, 0.4) is 0 Å². The lowest BCUT2D eigenvalue weighted by molar-refractivity contribution is -0.146. The summed E-state index contributed by atoms with van der Waals surface area (Å²) in [5, 5.41) is 0. The molecule has 0 aliphatic heterocycles. The summed E-state index contributed by atoms with van der Waals surface area (Å²) < 4.78 is 97.2. The van der Waals surface area contributed by atoms with Gasteiger partial charge in [0, 0.05) is 0 Å². The molecule has 11 heteroatoms. The van der Waals surface area contributed by atoms with Gasteiger partial charge >= 0.3 is 5.97 Å². The van der Waals surface area contributed by atoms with E-state index in [1.165, 1.54) is 24.3 Å². The fourth-order valence-corrected chi connectivity index (χ4v) is 3.30. The summed E-state index contributed by atoms with van der Waals surface area (Å²) in [7, 11) is -4.11. The van der Waals surface area contributed by atoms with Crippen LogP contribution in [0.4, 0.5) is 22.0 Å². The Balaban J connectivity index is 2.11. The number of benzene rings is 2. The molecule has 0 heterocycles. The lowest BCUT2D eigenvalue weighted by atomic mass is 10.2. The van der Waals surface area contributed by atoms with E-state index < -0.39 is 63.3 Å². The quantitative estimate of drug-likeness (QED) is 0.336. The van der Waals surface area contributed by atoms with Gasteiger partial charge in [0.25, 0.3) is 0 Å². The average molecular weight is 423 g/mol. The van der Waals surface area contributed by atoms with E-state index in [0.717, 1.165) is 12.5 Å². The smallest absolute Gasteiger partial charge is 0.324 e. The van der Waals surface area contributed by atoms with Crippen LogP contribution in [0.2, 0.25) is 0 Å². The normalized spacial score (nSPS) is 12.7. The molecular formula is C17H14F5NO4S. The number of sulfonamides is 1. The zero-order valence-electron chi connectivity index (χ0n) is 14.5. The Morgan fingerprint density at radius 3 is 1.93 bits per heavy atom. The molecule has 0 saturated heterocycles. The van der Waals surface area contributed by atoms with Crippen molar-refractivity contribution in [3.63, 3.8) is 0 Å². The summed E-state index contributed by atoms with van der Waals surface area (Å²) in [6.07, 6.45) is 0. The van der Waals surface area contributed by atoms with Crippen LogP contribution < -0.4 is 4.72 Å². The van der Waals surface area contributed by atoms with Crippen molar-refractivity contribution < 1.29 is 39.9 Å². The van der Waals surface area contributed by atoms with Gasteiger partial charge < -0.3 is 4.74 Å². The number of rotatable bonds is 6. The summed E-state index contributed by atoms with van der Waals surface area (Å²) in [4.78, 5) is 11.7. The molecule has 0 aromatic heterocycles. The van der Waals surface area contributed by atoms with Crippen molar-refractivity contribution in [2.75, 3.05) is 0 Å². The molecule has 2 rings (SSSR count). The van der Waals surface area contributed by atoms with E-state index in [1.54, 1.807) is 6.92 Å². The first-order valence-electron chi connectivity index (χ1n) is 7.71. The van der Waals surface area contributed by atoms with Gasteiger partial charge in [-0.15, -0.1) is 0 Å². The third-order valence-corrected chi connectivity index (χ3v) is 5.23. The number of esters is 1. The standard InChI is InChI=1S/C17H14F5NO4S/c1-8-3-5-10(6-4-8)28(25,26)23-9(2)17(24)27-7-11-12(18)14(20)16(22)15(21)13(11)19/h3-6,9,23H,7H2,1-2H3/t9-/m1/s1. The number of hydrogen-bond donors (Lipinski definition) is 1. The molecule has 0 fully saturated rings. The van der Waals surface area contributed by atoms with E-state index in [9.17, 15) is 35.2 Å². The number of hydrogen-bond acceptors (Lipinski definition) is 4. The Kier molecular flexibility index (Phi) is 6.40. The van der Waals surface area contributed by atoms with E-state index in [4.69, 9.17) is 0 Å². The molecule has 0 spiro atoms. The fourth-order valence-electron chi connectivity index (χ4n) is 2.11. The van der Waals surface area contributed by atoms with Gasteiger partial charge in [-0.1, -0.05) is 17.7 Å². The predicted molar refractivity (Wildman–Crippen MR) is 87.0 cm³/mol. The average Bonchev–Trinajstić information content (AvgIpc) is 2.64. The Bertz CT molecular complexity index is 980. The highest BCUT2D eigenvalue weighted by molar-refractivity contribution is 7.89. The van der Waals surface area contributed by atoms with E-state index >= 15 is 0 Å². The minimum atomic E-state index is -4.11. The third kappa shape index (κ3) is 4.47. The van der Waals surface area contributed by atoms with Crippen LogP contribution in [-0.2, 0) is 26.2 Å². The monoisotopic (exact) mass is 423 g/mol. The van der Waals surface area contributed by atoms with E-state index in [-0.39, 0.29) is 4.90 Å². The number of ether oxygens (including phenoxy) is 1. The van der Waals surface area contributed by atoms with Crippen LogP contribution >= 0.6 is 0 Å². The highest BCUT2D eigenvalue weighted by atomic mass is 32.2. The molecule has 0 aliphatic carbocycles. The van der Waals surface area contributed by atoms with Crippen molar-refractivity contribution in [3.05, 3.63) is 64.5 Å². The Hall–Kier alpha value is -2.53. The molecule has 2 aromatic carbocycles. The Morgan fingerprint density at radius 1 is 0.964 bits per heavy atom. The van der Waals surface area contributed by atoms with E-state index in [1.807, 2.05) is 4.72 Å². The van der Waals surface area contributed by atoms with Crippen LogP contribution in [0, 0.1) is 36.0 Å². The van der Waals surface area contributed by atoms with Gasteiger partial charge in [-0.2, -0.15) is 4.72 Å². The molecule has 152 valence electrons. The van der Waals surface area contributed by atoms with Crippen LogP contribution in [0.5, 0.6) is 0 Å². The first-order valence-corrected chi connectivity index (χ1v) is 9.20. The molecule has 1 atom stereocenters. The van der Waals surface area contributed by atoms with Crippen LogP contribution in [0.15, 0.2) is 29.2 Å². The largest absolute Gasteiger partial charge is 0.459 e. The minimum absolute atomic E-state index is 0.141. The number of carbonyl (C=O) groups is 1. The molecule has 0 radical (unpaired) electrons. The first-order chi connectivity index (χ1) is 13.0. The van der Waals surface area contributed by atoms with Crippen molar-refractivity contribution in [3.8, 4) is 0 Å². The molecule has 0 saturated carbocycles. The van der Waals surface area contributed by atoms with Gasteiger partial charge in [0.2, 0.25) is 15.8 Å². The summed E-state index contributed by atoms with van der Waals surface area (Å²) in [6, 6.07) is 4.16. The molecule has 2 aromatic rings. The number of carbonyl (C=O) groups excluding carboxylic acids is 1. The summed E-state index contributed by atoms with van der Waals surface area (Å²) in [6.45, 7) is 1.55. The molecule has 0 bridgehead atoms. The second kappa shape index (κ2) is 8.23. The van der Waals surface area contributed by atoms with Gasteiger partial charge in [-0.3, -0.25) is 4.79 Å². The van der Waals surface area contributed by atoms with Crippen molar-refractivity contribution in [2.45, 2.75) is 31.4 Å². The minimum Gasteiger partial charge on any atom is -0.459 e. The Labute approximate surface area is 157 Å². The van der Waals surface area contributed by atoms with Crippen molar-refractivity contribution in [1.29, 1.82) is 0 Å². The van der Waals surface area contributed by atoms with Gasteiger partial charge in [-0.05, 0) is 26.0 Å². The zero-order chi connectivity index (χ0) is 21.2. The molecule has 0 unspecified atom stereocenters. The van der Waals surface area contributed by atoms with E-state index in [0.29, 0.717) is 0 Å². The van der Waals surface area contributed by atoms with Crippen molar-refractivity contribution >= 4 is 16.0 Å². The predicted octanol–water partition coefficient (Wildman–Crippen LogP) is 3.10. The lowest BCUT2D eigenvalue weighted by Gasteiger charge is -2.15. The highest BCUT2D eigenvalue weighted by Gasteiger charge is 2.28. The molecule has 0 aliphatic rings. The van der Waals surface area contributed by atoms with Gasteiger partial charge in [-0.25, -0.2) is 30.4 Å². The van der Waals surface area contributed by atoms with E-state index in [2.05, 4.69) is 4.74 Å². The van der Waals surface area contributed by atoms with Crippen molar-refractivity contribution in [1.82, 2.24) is 4.72 Å². The lowest BCUT2D eigenvalue weighted by Crippen LogP contribution is -2.39. The maximum atomic E-state index is 13.6. The maximum Gasteiger partial charge on any atom is 0.324 e. The topological polar surface area (TPSA) is 72.5 Å². The maximum absolute atomic E-state index is 13.6.